The molecule has 1 aliphatic rings. The van der Waals surface area contributed by atoms with Gasteiger partial charge in [0.05, 0.1) is 22.1 Å². The molecule has 1 fully saturated rings. The lowest BCUT2D eigenvalue weighted by molar-refractivity contribution is 0.499. The Bertz CT molecular complexity index is 786. The zero-order valence-electron chi connectivity index (χ0n) is 13.2. The number of fused-ring (bicyclic) bond motifs is 1. The van der Waals surface area contributed by atoms with Crippen molar-refractivity contribution in [3.05, 3.63) is 36.0 Å². The predicted octanol–water partition coefficient (Wildman–Crippen LogP) is 1.45. The molecule has 2 aromatic rings. The van der Waals surface area contributed by atoms with E-state index in [9.17, 15) is 8.42 Å². The van der Waals surface area contributed by atoms with Gasteiger partial charge in [-0.15, -0.1) is 0 Å². The lowest BCUT2D eigenvalue weighted by Crippen LogP contribution is -2.38. The number of rotatable bonds is 5. The Morgan fingerprint density at radius 3 is 2.74 bits per heavy atom. The lowest BCUT2D eigenvalue weighted by Gasteiger charge is -2.23. The average Bonchev–Trinajstić information content (AvgIpc) is 2.56. The van der Waals surface area contributed by atoms with E-state index in [1.807, 2.05) is 31.3 Å². The Kier molecular flexibility index (Phi) is 4.79. The van der Waals surface area contributed by atoms with E-state index in [4.69, 9.17) is 0 Å². The van der Waals surface area contributed by atoms with Gasteiger partial charge in [0.25, 0.3) is 0 Å². The zero-order valence-corrected chi connectivity index (χ0v) is 14.0. The molecule has 3 N–H and O–H groups in total. The third-order valence-corrected chi connectivity index (χ3v) is 5.97. The molecule has 7 heteroatoms. The highest BCUT2D eigenvalue weighted by Gasteiger charge is 2.27. The molecule has 0 saturated carbocycles. The zero-order chi connectivity index (χ0) is 16.3. The number of hydrogen-bond donors (Lipinski definition) is 3. The van der Waals surface area contributed by atoms with Crippen LogP contribution in [0.5, 0.6) is 0 Å². The van der Waals surface area contributed by atoms with E-state index in [0.717, 1.165) is 24.2 Å². The van der Waals surface area contributed by atoms with Crippen LogP contribution in [0.15, 0.2) is 30.3 Å². The second kappa shape index (κ2) is 6.82. The average molecular weight is 334 g/mol. The van der Waals surface area contributed by atoms with Crippen LogP contribution in [0.2, 0.25) is 0 Å². The summed E-state index contributed by atoms with van der Waals surface area (Å²) in [6, 6.07) is 9.48. The fourth-order valence-corrected chi connectivity index (χ4v) is 4.39. The highest BCUT2D eigenvalue weighted by Crippen LogP contribution is 2.25. The first kappa shape index (κ1) is 16.2. The Balaban J connectivity index is 1.93. The number of piperidine rings is 1. The number of sulfonamides is 1. The van der Waals surface area contributed by atoms with Crippen LogP contribution in [0, 0.1) is 0 Å². The largest absolute Gasteiger partial charge is 0.317 e. The second-order valence-electron chi connectivity index (χ2n) is 5.81. The highest BCUT2D eigenvalue weighted by atomic mass is 32.2. The van der Waals surface area contributed by atoms with Crippen molar-refractivity contribution in [1.82, 2.24) is 15.6 Å². The molecule has 0 aliphatic carbocycles. The van der Waals surface area contributed by atoms with E-state index in [-0.39, 0.29) is 5.25 Å². The molecule has 0 amide bonds. The first-order chi connectivity index (χ1) is 11.1. The SMILES string of the molecule is CNCc1ccc2cccc(NS(=O)(=O)C3CCNCC3)c2n1. The van der Waals surface area contributed by atoms with E-state index in [0.29, 0.717) is 30.6 Å². The van der Waals surface area contributed by atoms with Crippen molar-refractivity contribution < 1.29 is 8.42 Å². The first-order valence-corrected chi connectivity index (χ1v) is 9.40. The minimum Gasteiger partial charge on any atom is -0.317 e. The minimum absolute atomic E-state index is 0.348. The molecule has 23 heavy (non-hydrogen) atoms. The molecule has 1 aromatic heterocycles. The third-order valence-electron chi connectivity index (χ3n) is 4.11. The molecule has 6 nitrogen and oxygen atoms in total. The third kappa shape index (κ3) is 3.63. The van der Waals surface area contributed by atoms with Crippen LogP contribution in [0.4, 0.5) is 5.69 Å². The van der Waals surface area contributed by atoms with Crippen molar-refractivity contribution in [3.63, 3.8) is 0 Å². The van der Waals surface area contributed by atoms with Gasteiger partial charge in [-0.3, -0.25) is 4.72 Å². The molecule has 0 unspecified atom stereocenters. The number of hydrogen-bond acceptors (Lipinski definition) is 5. The van der Waals surface area contributed by atoms with Crippen LogP contribution in [0.25, 0.3) is 10.9 Å². The van der Waals surface area contributed by atoms with Gasteiger partial charge in [0, 0.05) is 11.9 Å². The molecular formula is C16H22N4O2S. The summed E-state index contributed by atoms with van der Waals surface area (Å²) in [5, 5.41) is 6.83. The van der Waals surface area contributed by atoms with E-state index < -0.39 is 10.0 Å². The second-order valence-corrected chi connectivity index (χ2v) is 7.77. The molecule has 1 aromatic carbocycles. The van der Waals surface area contributed by atoms with Gasteiger partial charge in [0.15, 0.2) is 0 Å². The Labute approximate surface area is 136 Å². The van der Waals surface area contributed by atoms with Gasteiger partial charge in [-0.1, -0.05) is 18.2 Å². The van der Waals surface area contributed by atoms with Crippen LogP contribution in [-0.2, 0) is 16.6 Å². The molecule has 1 saturated heterocycles. The summed E-state index contributed by atoms with van der Waals surface area (Å²) in [5.41, 5.74) is 2.13. The molecule has 0 spiro atoms. The van der Waals surface area contributed by atoms with Crippen molar-refractivity contribution in [2.24, 2.45) is 0 Å². The van der Waals surface area contributed by atoms with Crippen LogP contribution in [-0.4, -0.2) is 38.8 Å². The van der Waals surface area contributed by atoms with Crippen molar-refractivity contribution in [1.29, 1.82) is 0 Å². The number of para-hydroxylation sites is 1. The van der Waals surface area contributed by atoms with Gasteiger partial charge in [0.1, 0.15) is 0 Å². The van der Waals surface area contributed by atoms with Gasteiger partial charge in [0.2, 0.25) is 10.0 Å². The first-order valence-electron chi connectivity index (χ1n) is 7.86. The quantitative estimate of drug-likeness (QED) is 0.771. The monoisotopic (exact) mass is 334 g/mol. The van der Waals surface area contributed by atoms with E-state index in [2.05, 4.69) is 20.3 Å². The lowest BCUT2D eigenvalue weighted by atomic mass is 10.2. The van der Waals surface area contributed by atoms with Gasteiger partial charge in [-0.2, -0.15) is 0 Å². The van der Waals surface area contributed by atoms with Crippen molar-refractivity contribution in [2.45, 2.75) is 24.6 Å². The van der Waals surface area contributed by atoms with Crippen molar-refractivity contribution in [2.75, 3.05) is 24.9 Å². The number of benzene rings is 1. The van der Waals surface area contributed by atoms with E-state index >= 15 is 0 Å². The maximum absolute atomic E-state index is 12.6. The number of nitrogens with one attached hydrogen (secondary N) is 3. The number of aromatic nitrogens is 1. The van der Waals surface area contributed by atoms with Crippen molar-refractivity contribution in [3.8, 4) is 0 Å². The summed E-state index contributed by atoms with van der Waals surface area (Å²) >= 11 is 0. The fraction of sp³-hybridized carbons (Fsp3) is 0.438. The van der Waals surface area contributed by atoms with E-state index in [1.165, 1.54) is 0 Å². The van der Waals surface area contributed by atoms with Gasteiger partial charge in [-0.25, -0.2) is 13.4 Å². The molecule has 3 rings (SSSR count). The van der Waals surface area contributed by atoms with Crippen LogP contribution in [0.1, 0.15) is 18.5 Å². The van der Waals surface area contributed by atoms with E-state index in [1.54, 1.807) is 6.07 Å². The molecular weight excluding hydrogens is 312 g/mol. The predicted molar refractivity (Wildman–Crippen MR) is 92.9 cm³/mol. The smallest absolute Gasteiger partial charge is 0.235 e. The summed E-state index contributed by atoms with van der Waals surface area (Å²) in [6.45, 7) is 2.13. The maximum Gasteiger partial charge on any atom is 0.235 e. The molecule has 0 radical (unpaired) electrons. The molecule has 124 valence electrons. The van der Waals surface area contributed by atoms with Gasteiger partial charge < -0.3 is 10.6 Å². The topological polar surface area (TPSA) is 83.1 Å². The molecule has 0 atom stereocenters. The number of nitrogens with zero attached hydrogens (tertiary/aromatic N) is 1. The summed E-state index contributed by atoms with van der Waals surface area (Å²) in [4.78, 5) is 4.59. The Hall–Kier alpha value is -1.70. The number of anilines is 1. The van der Waals surface area contributed by atoms with Crippen molar-refractivity contribution >= 4 is 26.6 Å². The highest BCUT2D eigenvalue weighted by molar-refractivity contribution is 7.93. The van der Waals surface area contributed by atoms with Crippen LogP contribution < -0.4 is 15.4 Å². The summed E-state index contributed by atoms with van der Waals surface area (Å²) < 4.78 is 28.0. The number of pyridine rings is 1. The normalized spacial score (nSPS) is 16.6. The minimum atomic E-state index is -3.40. The van der Waals surface area contributed by atoms with Gasteiger partial charge in [-0.05, 0) is 45.1 Å². The summed E-state index contributed by atoms with van der Waals surface area (Å²) in [5.74, 6) is 0. The summed E-state index contributed by atoms with van der Waals surface area (Å²) in [6.07, 6.45) is 1.27. The summed E-state index contributed by atoms with van der Waals surface area (Å²) in [7, 11) is -1.54. The Morgan fingerprint density at radius 2 is 2.00 bits per heavy atom. The molecule has 2 heterocycles. The van der Waals surface area contributed by atoms with Crippen LogP contribution >= 0.6 is 0 Å². The maximum atomic E-state index is 12.6. The fourth-order valence-electron chi connectivity index (χ4n) is 2.89. The Morgan fingerprint density at radius 1 is 1.22 bits per heavy atom. The molecule has 0 bridgehead atoms. The standard InChI is InChI=1S/C16H22N4O2S/c1-17-11-13-6-5-12-3-2-4-15(16(12)19-13)20-23(21,22)14-7-9-18-10-8-14/h2-6,14,17-18,20H,7-11H2,1H3. The van der Waals surface area contributed by atoms with Gasteiger partial charge >= 0.3 is 0 Å². The molecule has 1 aliphatic heterocycles. The van der Waals surface area contributed by atoms with Crippen LogP contribution in [0.3, 0.4) is 0 Å².